The van der Waals surface area contributed by atoms with Crippen LogP contribution in [0.4, 0.5) is 5.69 Å². The van der Waals surface area contributed by atoms with Gasteiger partial charge in [-0.2, -0.15) is 0 Å². The highest BCUT2D eigenvalue weighted by atomic mass is 127. The predicted molar refractivity (Wildman–Crippen MR) is 107 cm³/mol. The Morgan fingerprint density at radius 3 is 2.52 bits per heavy atom. The Morgan fingerprint density at radius 2 is 1.84 bits per heavy atom. The van der Waals surface area contributed by atoms with Crippen molar-refractivity contribution in [2.75, 3.05) is 4.72 Å². The van der Waals surface area contributed by atoms with E-state index in [1.807, 2.05) is 22.6 Å². The van der Waals surface area contributed by atoms with Gasteiger partial charge in [0.25, 0.3) is 10.0 Å². The number of amides is 1. The van der Waals surface area contributed by atoms with Gasteiger partial charge in [-0.1, -0.05) is 29.8 Å². The largest absolute Gasteiger partial charge is 0.366 e. The van der Waals surface area contributed by atoms with Crippen molar-refractivity contribution in [1.29, 1.82) is 0 Å². The van der Waals surface area contributed by atoms with E-state index in [4.69, 9.17) is 17.3 Å². The van der Waals surface area contributed by atoms with Crippen molar-refractivity contribution in [3.63, 3.8) is 0 Å². The van der Waals surface area contributed by atoms with Crippen LogP contribution >= 0.6 is 34.2 Å². The van der Waals surface area contributed by atoms with Gasteiger partial charge in [-0.25, -0.2) is 8.42 Å². The van der Waals surface area contributed by atoms with Crippen LogP contribution in [0.15, 0.2) is 59.5 Å². The monoisotopic (exact) mass is 486 g/mol. The quantitative estimate of drug-likeness (QED) is 0.546. The van der Waals surface area contributed by atoms with Crippen LogP contribution in [0.5, 0.6) is 0 Å². The van der Waals surface area contributed by atoms with Crippen LogP contribution in [-0.2, 0) is 10.0 Å². The summed E-state index contributed by atoms with van der Waals surface area (Å²) in [5.41, 5.74) is 6.12. The molecule has 0 atom stereocenters. The van der Waals surface area contributed by atoms with Gasteiger partial charge < -0.3 is 5.73 Å². The van der Waals surface area contributed by atoms with E-state index in [2.05, 4.69) is 4.72 Å². The van der Waals surface area contributed by atoms with Crippen LogP contribution in [0.2, 0.25) is 5.02 Å². The Labute approximate surface area is 163 Å². The second kappa shape index (κ2) is 6.81. The number of halogens is 2. The highest BCUT2D eigenvalue weighted by molar-refractivity contribution is 14.1. The highest BCUT2D eigenvalue weighted by Crippen LogP contribution is 2.26. The standard InChI is InChI=1S/C17H12ClIN2O3S/c18-11-7-12(19)9-14(8-11)25(23,24)21-13-4-5-15-10(6-13)2-1-3-16(15)17(20)22/h1-9,21H,(H2,20,22). The summed E-state index contributed by atoms with van der Waals surface area (Å²) in [7, 11) is -3.78. The number of primary amides is 1. The van der Waals surface area contributed by atoms with Crippen molar-refractivity contribution in [3.8, 4) is 0 Å². The normalized spacial score (nSPS) is 11.4. The van der Waals surface area contributed by atoms with E-state index in [-0.39, 0.29) is 4.90 Å². The van der Waals surface area contributed by atoms with Crippen molar-refractivity contribution < 1.29 is 13.2 Å². The summed E-state index contributed by atoms with van der Waals surface area (Å²) in [5, 5.41) is 1.71. The lowest BCUT2D eigenvalue weighted by Gasteiger charge is -2.11. The Kier molecular flexibility index (Phi) is 4.90. The van der Waals surface area contributed by atoms with Gasteiger partial charge in [0.2, 0.25) is 5.91 Å². The van der Waals surface area contributed by atoms with Gasteiger partial charge in [0.15, 0.2) is 0 Å². The van der Waals surface area contributed by atoms with Crippen molar-refractivity contribution >= 4 is 66.6 Å². The van der Waals surface area contributed by atoms with Gasteiger partial charge in [0, 0.05) is 19.8 Å². The van der Waals surface area contributed by atoms with Crippen molar-refractivity contribution in [1.82, 2.24) is 0 Å². The van der Waals surface area contributed by atoms with E-state index in [0.29, 0.717) is 27.0 Å². The fourth-order valence-corrected chi connectivity index (χ4v) is 4.95. The van der Waals surface area contributed by atoms with Gasteiger partial charge in [0.1, 0.15) is 0 Å². The van der Waals surface area contributed by atoms with Gasteiger partial charge in [-0.15, -0.1) is 0 Å². The van der Waals surface area contributed by atoms with E-state index >= 15 is 0 Å². The molecule has 0 saturated carbocycles. The number of sulfonamides is 1. The molecule has 0 bridgehead atoms. The summed E-state index contributed by atoms with van der Waals surface area (Å²) >= 11 is 7.95. The fourth-order valence-electron chi connectivity index (χ4n) is 2.46. The molecule has 0 radical (unpaired) electrons. The second-order valence-electron chi connectivity index (χ2n) is 5.32. The number of hydrogen-bond donors (Lipinski definition) is 2. The molecule has 0 unspecified atom stereocenters. The number of anilines is 1. The molecule has 3 aromatic rings. The number of carbonyl (C=O) groups is 1. The molecule has 128 valence electrons. The molecule has 1 amide bonds. The lowest BCUT2D eigenvalue weighted by molar-refractivity contribution is 0.100. The SMILES string of the molecule is NC(=O)c1cccc2cc(NS(=O)(=O)c3cc(Cl)cc(I)c3)ccc12. The first-order chi connectivity index (χ1) is 11.8. The Balaban J connectivity index is 2.01. The molecular formula is C17H12ClIN2O3S. The maximum absolute atomic E-state index is 12.6. The first-order valence-corrected chi connectivity index (χ1v) is 10.0. The third kappa shape index (κ3) is 3.88. The summed E-state index contributed by atoms with van der Waals surface area (Å²) in [6, 6.07) is 14.6. The van der Waals surface area contributed by atoms with E-state index < -0.39 is 15.9 Å². The average molecular weight is 487 g/mol. The lowest BCUT2D eigenvalue weighted by atomic mass is 10.0. The molecule has 0 aliphatic rings. The highest BCUT2D eigenvalue weighted by Gasteiger charge is 2.16. The molecule has 0 heterocycles. The summed E-state index contributed by atoms with van der Waals surface area (Å²) in [6.45, 7) is 0. The number of fused-ring (bicyclic) bond motifs is 1. The number of nitrogens with one attached hydrogen (secondary N) is 1. The Hall–Kier alpha value is -1.84. The molecule has 3 rings (SSSR count). The van der Waals surface area contributed by atoms with Gasteiger partial charge in [-0.05, 0) is 69.8 Å². The molecule has 0 fully saturated rings. The number of rotatable bonds is 4. The topological polar surface area (TPSA) is 89.3 Å². The van der Waals surface area contributed by atoms with Crippen LogP contribution in [0.25, 0.3) is 10.8 Å². The van der Waals surface area contributed by atoms with Crippen molar-refractivity contribution in [2.45, 2.75) is 4.90 Å². The fraction of sp³-hybridized carbons (Fsp3) is 0. The number of benzene rings is 3. The smallest absolute Gasteiger partial charge is 0.261 e. The van der Waals surface area contributed by atoms with Crippen molar-refractivity contribution in [3.05, 3.63) is 68.8 Å². The summed E-state index contributed by atoms with van der Waals surface area (Å²) < 4.78 is 28.4. The molecule has 25 heavy (non-hydrogen) atoms. The maximum Gasteiger partial charge on any atom is 0.261 e. The summed E-state index contributed by atoms with van der Waals surface area (Å²) in [4.78, 5) is 11.6. The zero-order chi connectivity index (χ0) is 18.2. The number of hydrogen-bond acceptors (Lipinski definition) is 3. The van der Waals surface area contributed by atoms with Gasteiger partial charge in [0.05, 0.1) is 4.90 Å². The minimum Gasteiger partial charge on any atom is -0.366 e. The van der Waals surface area contributed by atoms with Crippen LogP contribution < -0.4 is 10.5 Å². The molecule has 3 N–H and O–H groups in total. The predicted octanol–water partition coefficient (Wildman–Crippen LogP) is 4.00. The van der Waals surface area contributed by atoms with E-state index in [1.54, 1.807) is 42.5 Å². The molecule has 0 aliphatic carbocycles. The number of nitrogens with two attached hydrogens (primary N) is 1. The lowest BCUT2D eigenvalue weighted by Crippen LogP contribution is -2.13. The molecule has 8 heteroatoms. The van der Waals surface area contributed by atoms with Gasteiger partial charge >= 0.3 is 0 Å². The first-order valence-electron chi connectivity index (χ1n) is 7.08. The van der Waals surface area contributed by atoms with E-state index in [9.17, 15) is 13.2 Å². The van der Waals surface area contributed by atoms with Crippen LogP contribution in [0.3, 0.4) is 0 Å². The minimum absolute atomic E-state index is 0.0791. The molecule has 0 aromatic heterocycles. The maximum atomic E-state index is 12.6. The van der Waals surface area contributed by atoms with Gasteiger partial charge in [-0.3, -0.25) is 9.52 Å². The minimum atomic E-state index is -3.78. The zero-order valence-corrected chi connectivity index (χ0v) is 16.4. The summed E-state index contributed by atoms with van der Waals surface area (Å²) in [6.07, 6.45) is 0. The van der Waals surface area contributed by atoms with E-state index in [0.717, 1.165) is 3.57 Å². The third-order valence-electron chi connectivity index (χ3n) is 3.54. The second-order valence-corrected chi connectivity index (χ2v) is 8.68. The molecule has 0 aliphatic heterocycles. The first kappa shape index (κ1) is 18.0. The molecule has 0 spiro atoms. The molecule has 5 nitrogen and oxygen atoms in total. The van der Waals surface area contributed by atoms with Crippen LogP contribution in [-0.4, -0.2) is 14.3 Å². The van der Waals surface area contributed by atoms with E-state index in [1.165, 1.54) is 12.1 Å². The van der Waals surface area contributed by atoms with Crippen LogP contribution in [0, 0.1) is 3.57 Å². The molecular weight excluding hydrogens is 475 g/mol. The average Bonchev–Trinajstić information content (AvgIpc) is 2.52. The number of carbonyl (C=O) groups excluding carboxylic acids is 1. The molecule has 0 saturated heterocycles. The third-order valence-corrected chi connectivity index (χ3v) is 5.75. The van der Waals surface area contributed by atoms with Crippen LogP contribution in [0.1, 0.15) is 10.4 Å². The molecule has 3 aromatic carbocycles. The summed E-state index contributed by atoms with van der Waals surface area (Å²) in [5.74, 6) is -0.535. The van der Waals surface area contributed by atoms with Crippen molar-refractivity contribution in [2.24, 2.45) is 5.73 Å². The Morgan fingerprint density at radius 1 is 1.08 bits per heavy atom. The zero-order valence-electron chi connectivity index (χ0n) is 12.7. The Bertz CT molecular complexity index is 1080.